The predicted octanol–water partition coefficient (Wildman–Crippen LogP) is 2.90. The second-order valence-electron chi connectivity index (χ2n) is 5.57. The molecule has 0 aliphatic rings. The average Bonchev–Trinajstić information content (AvgIpc) is 2.47. The summed E-state index contributed by atoms with van der Waals surface area (Å²) in [6, 6.07) is 9.99. The summed E-state index contributed by atoms with van der Waals surface area (Å²) in [4.78, 5) is 4.48. The van der Waals surface area contributed by atoms with Crippen molar-refractivity contribution in [3.8, 4) is 5.75 Å². The number of hydrogen-bond acceptors (Lipinski definition) is 3. The van der Waals surface area contributed by atoms with Gasteiger partial charge in [-0.3, -0.25) is 0 Å². The molecule has 0 bridgehead atoms. The molecule has 1 heterocycles. The van der Waals surface area contributed by atoms with Gasteiger partial charge in [-0.25, -0.2) is 4.98 Å². The number of nitrogens with zero attached hydrogens (tertiary/aromatic N) is 1. The summed E-state index contributed by atoms with van der Waals surface area (Å²) in [6.07, 6.45) is 0. The Labute approximate surface area is 125 Å². The zero-order valence-corrected chi connectivity index (χ0v) is 12.5. The van der Waals surface area contributed by atoms with E-state index >= 15 is 0 Å². The number of rotatable bonds is 2. The van der Waals surface area contributed by atoms with Crippen molar-refractivity contribution in [1.29, 1.82) is 0 Å². The molecule has 2 aromatic carbocycles. The summed E-state index contributed by atoms with van der Waals surface area (Å²) < 4.78 is 5.27. The molecule has 2 N–H and O–H groups in total. The van der Waals surface area contributed by atoms with Crippen LogP contribution in [0.25, 0.3) is 21.7 Å². The number of aromatic nitrogens is 1. The molecule has 0 aliphatic carbocycles. The maximum Gasteiger partial charge on any atom is 0.132 e. The molecule has 0 spiro atoms. The van der Waals surface area contributed by atoms with Crippen LogP contribution in [-0.2, 0) is 0 Å². The van der Waals surface area contributed by atoms with Crippen molar-refractivity contribution in [3.05, 3.63) is 35.9 Å². The highest BCUT2D eigenvalue weighted by molar-refractivity contribution is 6.39. The van der Waals surface area contributed by atoms with Crippen LogP contribution in [0.15, 0.2) is 30.3 Å². The standard InChI is InChI=1S/C17H17BN2O/c1-9(2)10-6-13-12-5-4-11(21-3)8-14(12)17(19)20-16(13)15(18)7-10/h4-9H,1-3H3,(H2,19,20). The lowest BCUT2D eigenvalue weighted by atomic mass is 9.87. The smallest absolute Gasteiger partial charge is 0.132 e. The van der Waals surface area contributed by atoms with Crippen LogP contribution in [0.1, 0.15) is 25.3 Å². The molecule has 104 valence electrons. The zero-order valence-electron chi connectivity index (χ0n) is 12.5. The van der Waals surface area contributed by atoms with Crippen molar-refractivity contribution >= 4 is 40.8 Å². The second kappa shape index (κ2) is 4.95. The number of hydrogen-bond donors (Lipinski definition) is 1. The topological polar surface area (TPSA) is 48.1 Å². The highest BCUT2D eigenvalue weighted by Gasteiger charge is 2.11. The summed E-state index contributed by atoms with van der Waals surface area (Å²) in [5, 5.41) is 2.97. The third kappa shape index (κ3) is 2.21. The molecule has 0 aliphatic heterocycles. The van der Waals surface area contributed by atoms with Gasteiger partial charge in [-0.2, -0.15) is 0 Å². The molecule has 0 fully saturated rings. The van der Waals surface area contributed by atoms with E-state index in [0.29, 0.717) is 17.2 Å². The summed E-state index contributed by atoms with van der Waals surface area (Å²) in [6.45, 7) is 4.30. The molecular formula is C17H17BN2O. The van der Waals surface area contributed by atoms with E-state index in [1.54, 1.807) is 7.11 Å². The molecule has 0 unspecified atom stereocenters. The van der Waals surface area contributed by atoms with E-state index in [1.165, 1.54) is 5.56 Å². The molecule has 3 rings (SSSR count). The Morgan fingerprint density at radius 3 is 2.52 bits per heavy atom. The van der Waals surface area contributed by atoms with Crippen LogP contribution in [0, 0.1) is 0 Å². The highest BCUT2D eigenvalue weighted by atomic mass is 16.5. The van der Waals surface area contributed by atoms with E-state index in [1.807, 2.05) is 24.3 Å². The molecular weight excluding hydrogens is 259 g/mol. The fourth-order valence-corrected chi connectivity index (χ4v) is 2.62. The number of benzene rings is 2. The molecule has 0 amide bonds. The minimum absolute atomic E-state index is 0.405. The van der Waals surface area contributed by atoms with Crippen LogP contribution in [0.3, 0.4) is 0 Å². The third-order valence-electron chi connectivity index (χ3n) is 3.85. The Hall–Kier alpha value is -2.23. The quantitative estimate of drug-likeness (QED) is 0.578. The Kier molecular flexibility index (Phi) is 3.24. The van der Waals surface area contributed by atoms with Gasteiger partial charge in [0.15, 0.2) is 0 Å². The largest absolute Gasteiger partial charge is 0.497 e. The zero-order chi connectivity index (χ0) is 15.1. The first-order valence-corrected chi connectivity index (χ1v) is 6.97. The van der Waals surface area contributed by atoms with E-state index in [2.05, 4.69) is 24.9 Å². The van der Waals surface area contributed by atoms with E-state index < -0.39 is 0 Å². The van der Waals surface area contributed by atoms with Gasteiger partial charge in [0, 0.05) is 10.8 Å². The molecule has 0 saturated carbocycles. The molecule has 4 heteroatoms. The minimum Gasteiger partial charge on any atom is -0.497 e. The Morgan fingerprint density at radius 2 is 1.86 bits per heavy atom. The van der Waals surface area contributed by atoms with Crippen LogP contribution in [0.2, 0.25) is 0 Å². The van der Waals surface area contributed by atoms with Crippen LogP contribution >= 0.6 is 0 Å². The number of pyridine rings is 1. The number of ether oxygens (including phenoxy) is 1. The Balaban J connectivity index is 2.45. The second-order valence-corrected chi connectivity index (χ2v) is 5.57. The summed E-state index contributed by atoms with van der Waals surface area (Å²) in [7, 11) is 7.81. The highest BCUT2D eigenvalue weighted by Crippen LogP contribution is 2.31. The third-order valence-corrected chi connectivity index (χ3v) is 3.85. The van der Waals surface area contributed by atoms with Gasteiger partial charge in [-0.15, -0.1) is 0 Å². The number of nitrogens with two attached hydrogens (primary N) is 1. The van der Waals surface area contributed by atoms with Crippen molar-refractivity contribution in [2.45, 2.75) is 19.8 Å². The fraction of sp³-hybridized carbons (Fsp3) is 0.235. The van der Waals surface area contributed by atoms with E-state index in [0.717, 1.165) is 27.4 Å². The SMILES string of the molecule is [B]c1cc(C(C)C)cc2c1nc(N)c1cc(OC)ccc12. The molecule has 3 nitrogen and oxygen atoms in total. The van der Waals surface area contributed by atoms with Gasteiger partial charge in [0.25, 0.3) is 0 Å². The monoisotopic (exact) mass is 276 g/mol. The van der Waals surface area contributed by atoms with Gasteiger partial charge < -0.3 is 10.5 Å². The van der Waals surface area contributed by atoms with Gasteiger partial charge in [0.05, 0.1) is 12.6 Å². The van der Waals surface area contributed by atoms with E-state index in [-0.39, 0.29) is 0 Å². The molecule has 0 saturated heterocycles. The first-order valence-electron chi connectivity index (χ1n) is 6.97. The lowest BCUT2D eigenvalue weighted by Crippen LogP contribution is -2.09. The van der Waals surface area contributed by atoms with E-state index in [4.69, 9.17) is 18.3 Å². The molecule has 0 atom stereocenters. The van der Waals surface area contributed by atoms with Crippen LogP contribution in [0.5, 0.6) is 5.75 Å². The lowest BCUT2D eigenvalue weighted by molar-refractivity contribution is 0.415. The van der Waals surface area contributed by atoms with E-state index in [9.17, 15) is 0 Å². The number of anilines is 1. The Morgan fingerprint density at radius 1 is 1.10 bits per heavy atom. The van der Waals surface area contributed by atoms with Crippen molar-refractivity contribution in [2.24, 2.45) is 0 Å². The van der Waals surface area contributed by atoms with Gasteiger partial charge in [-0.05, 0) is 41.1 Å². The Bertz CT molecular complexity index is 843. The lowest BCUT2D eigenvalue weighted by Gasteiger charge is -2.13. The van der Waals surface area contributed by atoms with Crippen molar-refractivity contribution < 1.29 is 4.74 Å². The van der Waals surface area contributed by atoms with Gasteiger partial charge >= 0.3 is 0 Å². The molecule has 1 aromatic heterocycles. The number of fused-ring (bicyclic) bond motifs is 3. The number of nitrogen functional groups attached to an aromatic ring is 1. The maximum atomic E-state index is 6.17. The molecule has 2 radical (unpaired) electrons. The van der Waals surface area contributed by atoms with Crippen molar-refractivity contribution in [2.75, 3.05) is 12.8 Å². The molecule has 3 aromatic rings. The van der Waals surface area contributed by atoms with Crippen molar-refractivity contribution in [1.82, 2.24) is 4.98 Å². The van der Waals surface area contributed by atoms with Crippen LogP contribution in [0.4, 0.5) is 5.82 Å². The van der Waals surface area contributed by atoms with Gasteiger partial charge in [0.2, 0.25) is 0 Å². The number of methoxy groups -OCH3 is 1. The first-order chi connectivity index (χ1) is 10.0. The first kappa shape index (κ1) is 13.7. The van der Waals surface area contributed by atoms with Crippen molar-refractivity contribution in [3.63, 3.8) is 0 Å². The molecule has 21 heavy (non-hydrogen) atoms. The summed E-state index contributed by atoms with van der Waals surface area (Å²) in [5.74, 6) is 1.64. The fourth-order valence-electron chi connectivity index (χ4n) is 2.62. The summed E-state index contributed by atoms with van der Waals surface area (Å²) in [5.41, 5.74) is 8.71. The summed E-state index contributed by atoms with van der Waals surface area (Å²) >= 11 is 0. The minimum atomic E-state index is 0.405. The normalized spacial score (nSPS) is 11.4. The van der Waals surface area contributed by atoms with Gasteiger partial charge in [0.1, 0.15) is 19.4 Å². The van der Waals surface area contributed by atoms with Crippen LogP contribution < -0.4 is 15.9 Å². The maximum absolute atomic E-state index is 6.17. The average molecular weight is 276 g/mol. The van der Waals surface area contributed by atoms with Gasteiger partial charge in [-0.1, -0.05) is 25.4 Å². The predicted molar refractivity (Wildman–Crippen MR) is 89.7 cm³/mol. The van der Waals surface area contributed by atoms with Crippen LogP contribution in [-0.4, -0.2) is 19.9 Å².